The van der Waals surface area contributed by atoms with Crippen molar-refractivity contribution < 1.29 is 4.79 Å². The fraction of sp³-hybridized carbons (Fsp3) is 0.500. The zero-order valence-corrected chi connectivity index (χ0v) is 12.0. The topological polar surface area (TPSA) is 85.8 Å². The monoisotopic (exact) mass is 273 g/mol. The summed E-state index contributed by atoms with van der Waals surface area (Å²) in [5, 5.41) is 3.88. The van der Waals surface area contributed by atoms with E-state index in [1.807, 2.05) is 25.3 Å². The Bertz CT molecular complexity index is 686. The number of rotatable bonds is 3. The fourth-order valence-electron chi connectivity index (χ4n) is 2.59. The van der Waals surface area contributed by atoms with E-state index in [4.69, 9.17) is 5.73 Å². The van der Waals surface area contributed by atoms with Crippen LogP contribution in [-0.4, -0.2) is 26.5 Å². The molecule has 1 aliphatic rings. The average molecular weight is 273 g/mol. The zero-order valence-electron chi connectivity index (χ0n) is 12.0. The molecule has 1 amide bonds. The number of nitrogen functional groups attached to an aromatic ring is 1. The molecule has 1 aliphatic carbocycles. The normalized spacial score (nSPS) is 16.4. The Morgan fingerprint density at radius 1 is 1.45 bits per heavy atom. The zero-order chi connectivity index (χ0) is 14.4. The Morgan fingerprint density at radius 3 is 2.80 bits per heavy atom. The number of aromatic nitrogens is 3. The molecule has 106 valence electrons. The molecule has 6 nitrogen and oxygen atoms in total. The number of amides is 1. The maximum absolute atomic E-state index is 12.3. The molecule has 6 heteroatoms. The highest BCUT2D eigenvalue weighted by atomic mass is 16.2. The molecule has 2 heterocycles. The lowest BCUT2D eigenvalue weighted by atomic mass is 10.2. The molecule has 3 N–H and O–H groups in total. The molecule has 2 aromatic heterocycles. The molecule has 1 unspecified atom stereocenters. The minimum atomic E-state index is -0.305. The molecule has 0 bridgehead atoms. The van der Waals surface area contributed by atoms with Crippen molar-refractivity contribution in [2.45, 2.75) is 45.7 Å². The van der Waals surface area contributed by atoms with Gasteiger partial charge in [-0.3, -0.25) is 4.79 Å². The molecule has 0 aromatic carbocycles. The van der Waals surface area contributed by atoms with E-state index in [1.54, 1.807) is 0 Å². The van der Waals surface area contributed by atoms with Crippen LogP contribution in [0.15, 0.2) is 6.33 Å². The van der Waals surface area contributed by atoms with Crippen molar-refractivity contribution in [1.29, 1.82) is 0 Å². The van der Waals surface area contributed by atoms with Crippen LogP contribution in [-0.2, 0) is 4.79 Å². The number of aryl methyl sites for hydroxylation is 1. The van der Waals surface area contributed by atoms with Crippen LogP contribution in [0.4, 0.5) is 5.82 Å². The summed E-state index contributed by atoms with van der Waals surface area (Å²) < 4.78 is 1.94. The van der Waals surface area contributed by atoms with Gasteiger partial charge in [-0.15, -0.1) is 0 Å². The van der Waals surface area contributed by atoms with Gasteiger partial charge in [-0.25, -0.2) is 9.97 Å². The standard InChI is InChI=1S/C14H19N5O/c1-7-8(2)19(9(3)14(20)18-10-4-5-10)13-11(7)12(15)16-6-17-13/h6,9-10H,4-5H2,1-3H3,(H,18,20)(H2,15,16,17). The molecular formula is C14H19N5O. The molecular weight excluding hydrogens is 254 g/mol. The average Bonchev–Trinajstić information content (AvgIpc) is 3.17. The summed E-state index contributed by atoms with van der Waals surface area (Å²) in [7, 11) is 0. The molecule has 0 saturated heterocycles. The number of nitrogens with one attached hydrogen (secondary N) is 1. The first-order chi connectivity index (χ1) is 9.50. The van der Waals surface area contributed by atoms with Crippen LogP contribution in [0.2, 0.25) is 0 Å². The van der Waals surface area contributed by atoms with Gasteiger partial charge in [-0.1, -0.05) is 0 Å². The van der Waals surface area contributed by atoms with Gasteiger partial charge in [-0.05, 0) is 39.2 Å². The molecule has 1 fully saturated rings. The van der Waals surface area contributed by atoms with Gasteiger partial charge >= 0.3 is 0 Å². The highest BCUT2D eigenvalue weighted by molar-refractivity contribution is 5.92. The summed E-state index contributed by atoms with van der Waals surface area (Å²) in [6.45, 7) is 5.86. The molecule has 0 aliphatic heterocycles. The van der Waals surface area contributed by atoms with E-state index in [0.29, 0.717) is 11.9 Å². The minimum absolute atomic E-state index is 0.0321. The first-order valence-corrected chi connectivity index (χ1v) is 6.88. The Kier molecular flexibility index (Phi) is 2.88. The van der Waals surface area contributed by atoms with Gasteiger partial charge in [0.15, 0.2) is 0 Å². The van der Waals surface area contributed by atoms with Gasteiger partial charge in [-0.2, -0.15) is 0 Å². The predicted molar refractivity (Wildman–Crippen MR) is 77.3 cm³/mol. The third-order valence-electron chi connectivity index (χ3n) is 4.05. The van der Waals surface area contributed by atoms with E-state index in [9.17, 15) is 4.79 Å². The smallest absolute Gasteiger partial charge is 0.243 e. The first-order valence-electron chi connectivity index (χ1n) is 6.88. The second-order valence-corrected chi connectivity index (χ2v) is 5.50. The van der Waals surface area contributed by atoms with E-state index >= 15 is 0 Å². The molecule has 3 rings (SSSR count). The lowest BCUT2D eigenvalue weighted by Gasteiger charge is -2.16. The highest BCUT2D eigenvalue weighted by Gasteiger charge is 2.28. The van der Waals surface area contributed by atoms with Crippen molar-refractivity contribution >= 4 is 22.8 Å². The summed E-state index contributed by atoms with van der Waals surface area (Å²) >= 11 is 0. The van der Waals surface area contributed by atoms with E-state index in [1.165, 1.54) is 6.33 Å². The number of nitrogens with two attached hydrogens (primary N) is 1. The lowest BCUT2D eigenvalue weighted by molar-refractivity contribution is -0.123. The van der Waals surface area contributed by atoms with E-state index in [0.717, 1.165) is 35.1 Å². The largest absolute Gasteiger partial charge is 0.383 e. The summed E-state index contributed by atoms with van der Waals surface area (Å²) in [5.41, 5.74) is 8.71. The summed E-state index contributed by atoms with van der Waals surface area (Å²) in [6.07, 6.45) is 3.61. The molecule has 1 saturated carbocycles. The van der Waals surface area contributed by atoms with Crippen LogP contribution in [0.3, 0.4) is 0 Å². The van der Waals surface area contributed by atoms with Crippen LogP contribution in [0.5, 0.6) is 0 Å². The lowest BCUT2D eigenvalue weighted by Crippen LogP contribution is -2.33. The van der Waals surface area contributed by atoms with Gasteiger partial charge in [0, 0.05) is 11.7 Å². The van der Waals surface area contributed by atoms with Crippen molar-refractivity contribution in [3.05, 3.63) is 17.6 Å². The van der Waals surface area contributed by atoms with Crippen LogP contribution < -0.4 is 11.1 Å². The number of anilines is 1. The van der Waals surface area contributed by atoms with Crippen molar-refractivity contribution in [3.8, 4) is 0 Å². The molecule has 2 aromatic rings. The van der Waals surface area contributed by atoms with Gasteiger partial charge < -0.3 is 15.6 Å². The number of hydrogen-bond donors (Lipinski definition) is 2. The van der Waals surface area contributed by atoms with E-state index < -0.39 is 0 Å². The van der Waals surface area contributed by atoms with Crippen molar-refractivity contribution in [2.75, 3.05) is 5.73 Å². The predicted octanol–water partition coefficient (Wildman–Crippen LogP) is 1.47. The third kappa shape index (κ3) is 1.92. The number of hydrogen-bond acceptors (Lipinski definition) is 4. The van der Waals surface area contributed by atoms with Crippen molar-refractivity contribution in [2.24, 2.45) is 0 Å². The van der Waals surface area contributed by atoms with Crippen molar-refractivity contribution in [3.63, 3.8) is 0 Å². The first kappa shape index (κ1) is 12.9. The van der Waals surface area contributed by atoms with Gasteiger partial charge in [0.05, 0.1) is 5.39 Å². The molecule has 20 heavy (non-hydrogen) atoms. The second kappa shape index (κ2) is 4.47. The third-order valence-corrected chi connectivity index (χ3v) is 4.05. The Balaban J connectivity index is 2.08. The van der Waals surface area contributed by atoms with Gasteiger partial charge in [0.25, 0.3) is 0 Å². The van der Waals surface area contributed by atoms with E-state index in [-0.39, 0.29) is 11.9 Å². The summed E-state index contributed by atoms with van der Waals surface area (Å²) in [5.74, 6) is 0.494. The number of nitrogens with zero attached hydrogens (tertiary/aromatic N) is 3. The quantitative estimate of drug-likeness (QED) is 0.886. The summed E-state index contributed by atoms with van der Waals surface area (Å²) in [6, 6.07) is 0.0500. The molecule has 0 radical (unpaired) electrons. The van der Waals surface area contributed by atoms with E-state index in [2.05, 4.69) is 15.3 Å². The Morgan fingerprint density at radius 2 is 2.15 bits per heavy atom. The number of carbonyl (C=O) groups excluding carboxylic acids is 1. The van der Waals surface area contributed by atoms with Crippen LogP contribution in [0, 0.1) is 13.8 Å². The maximum Gasteiger partial charge on any atom is 0.243 e. The molecule has 1 atom stereocenters. The van der Waals surface area contributed by atoms with Crippen LogP contribution in [0.1, 0.15) is 37.1 Å². The highest BCUT2D eigenvalue weighted by Crippen LogP contribution is 2.30. The number of carbonyl (C=O) groups is 1. The van der Waals surface area contributed by atoms with Gasteiger partial charge in [0.1, 0.15) is 23.8 Å². The molecule has 0 spiro atoms. The minimum Gasteiger partial charge on any atom is -0.383 e. The Hall–Kier alpha value is -2.11. The van der Waals surface area contributed by atoms with Crippen LogP contribution >= 0.6 is 0 Å². The second-order valence-electron chi connectivity index (χ2n) is 5.50. The SMILES string of the molecule is Cc1c(C)n(C(C)C(=O)NC2CC2)c2ncnc(N)c12. The van der Waals surface area contributed by atoms with Gasteiger partial charge in [0.2, 0.25) is 5.91 Å². The van der Waals surface area contributed by atoms with Crippen molar-refractivity contribution in [1.82, 2.24) is 19.9 Å². The van der Waals surface area contributed by atoms with Crippen LogP contribution in [0.25, 0.3) is 11.0 Å². The maximum atomic E-state index is 12.3. The number of fused-ring (bicyclic) bond motifs is 1. The Labute approximate surface area is 117 Å². The summed E-state index contributed by atoms with van der Waals surface area (Å²) in [4.78, 5) is 20.6. The fourth-order valence-corrected chi connectivity index (χ4v) is 2.59.